The molecule has 1 fully saturated rings. The molecule has 0 saturated carbocycles. The Morgan fingerprint density at radius 3 is 2.65 bits per heavy atom. The van der Waals surface area contributed by atoms with E-state index in [0.717, 1.165) is 51.5 Å². The molecule has 2 aromatic rings. The molecule has 1 aliphatic rings. The molecule has 1 saturated heterocycles. The summed E-state index contributed by atoms with van der Waals surface area (Å²) < 4.78 is 5.42. The number of nitrogens with zero attached hydrogens (tertiary/aromatic N) is 3. The Kier molecular flexibility index (Phi) is 8.43. The summed E-state index contributed by atoms with van der Waals surface area (Å²) in [5.41, 5.74) is 3.20. The van der Waals surface area contributed by atoms with Crippen LogP contribution in [0.4, 0.5) is 5.82 Å². The fourth-order valence-corrected chi connectivity index (χ4v) is 4.08. The number of nitrogens with one attached hydrogen (secondary N) is 1. The summed E-state index contributed by atoms with van der Waals surface area (Å²) in [5, 5.41) is 3.37. The van der Waals surface area contributed by atoms with Gasteiger partial charge in [0, 0.05) is 38.4 Å². The van der Waals surface area contributed by atoms with Crippen LogP contribution < -0.4 is 10.2 Å². The molecule has 1 aromatic carbocycles. The molecule has 0 spiro atoms. The van der Waals surface area contributed by atoms with Crippen LogP contribution in [0, 0.1) is 0 Å². The topological polar surface area (TPSA) is 57.7 Å². The van der Waals surface area contributed by atoms with Gasteiger partial charge in [0.15, 0.2) is 0 Å². The van der Waals surface area contributed by atoms with E-state index in [1.54, 1.807) is 12.3 Å². The quantitative estimate of drug-likeness (QED) is 0.585. The summed E-state index contributed by atoms with van der Waals surface area (Å²) in [6.45, 7) is 13.6. The lowest BCUT2D eigenvalue weighted by atomic mass is 10.1. The van der Waals surface area contributed by atoms with E-state index in [2.05, 4.69) is 58.2 Å². The Morgan fingerprint density at radius 2 is 1.97 bits per heavy atom. The van der Waals surface area contributed by atoms with Gasteiger partial charge in [-0.3, -0.25) is 4.90 Å². The van der Waals surface area contributed by atoms with Crippen LogP contribution in [0.2, 0.25) is 0 Å². The summed E-state index contributed by atoms with van der Waals surface area (Å²) in [5.74, 6) is 0.436. The van der Waals surface area contributed by atoms with E-state index in [1.807, 2.05) is 19.9 Å². The molecular weight excluding hydrogens is 388 g/mol. The second kappa shape index (κ2) is 11.3. The molecule has 1 aromatic heterocycles. The van der Waals surface area contributed by atoms with Crippen LogP contribution in [0.1, 0.15) is 55.6 Å². The number of carbonyl (C=O) groups is 1. The molecule has 0 bridgehead atoms. The maximum absolute atomic E-state index is 12.5. The number of anilines is 1. The highest BCUT2D eigenvalue weighted by molar-refractivity contribution is 5.94. The molecule has 0 radical (unpaired) electrons. The Hall–Kier alpha value is -2.44. The number of carbonyl (C=O) groups excluding carboxylic acids is 1. The minimum absolute atomic E-state index is 0.147. The normalized spacial score (nSPS) is 16.3. The van der Waals surface area contributed by atoms with Gasteiger partial charge >= 0.3 is 5.97 Å². The number of aromatic nitrogens is 1. The average molecular weight is 425 g/mol. The highest BCUT2D eigenvalue weighted by Gasteiger charge is 2.30. The van der Waals surface area contributed by atoms with Crippen molar-refractivity contribution in [2.24, 2.45) is 0 Å². The van der Waals surface area contributed by atoms with Gasteiger partial charge in [-0.2, -0.15) is 0 Å². The van der Waals surface area contributed by atoms with Gasteiger partial charge in [0.2, 0.25) is 0 Å². The molecule has 6 nitrogen and oxygen atoms in total. The SMILES string of the molecule is CCNCc1ccc(CN(CC)[C@@H]2CCN(c3ncccc3C(=O)OC(C)C)C2)cc1. The van der Waals surface area contributed by atoms with E-state index in [-0.39, 0.29) is 12.1 Å². The van der Waals surface area contributed by atoms with E-state index in [0.29, 0.717) is 11.6 Å². The summed E-state index contributed by atoms with van der Waals surface area (Å²) >= 11 is 0. The summed E-state index contributed by atoms with van der Waals surface area (Å²) in [7, 11) is 0. The van der Waals surface area contributed by atoms with Crippen LogP contribution in [-0.2, 0) is 17.8 Å². The maximum atomic E-state index is 12.5. The van der Waals surface area contributed by atoms with Gasteiger partial charge in [0.1, 0.15) is 11.4 Å². The minimum atomic E-state index is -0.299. The third kappa shape index (κ3) is 6.28. The highest BCUT2D eigenvalue weighted by atomic mass is 16.5. The van der Waals surface area contributed by atoms with Crippen molar-refractivity contribution in [1.82, 2.24) is 15.2 Å². The third-order valence-corrected chi connectivity index (χ3v) is 5.72. The predicted molar refractivity (Wildman–Crippen MR) is 125 cm³/mol. The molecule has 1 aliphatic heterocycles. The van der Waals surface area contributed by atoms with Crippen molar-refractivity contribution < 1.29 is 9.53 Å². The number of esters is 1. The fraction of sp³-hybridized carbons (Fsp3) is 0.520. The van der Waals surface area contributed by atoms with Crippen molar-refractivity contribution in [3.8, 4) is 0 Å². The van der Waals surface area contributed by atoms with E-state index in [1.165, 1.54) is 11.1 Å². The van der Waals surface area contributed by atoms with E-state index in [4.69, 9.17) is 4.74 Å². The van der Waals surface area contributed by atoms with Gasteiger partial charge in [-0.25, -0.2) is 9.78 Å². The van der Waals surface area contributed by atoms with E-state index < -0.39 is 0 Å². The Labute approximate surface area is 186 Å². The fourth-order valence-electron chi connectivity index (χ4n) is 4.08. The minimum Gasteiger partial charge on any atom is -0.459 e. The number of hydrogen-bond donors (Lipinski definition) is 1. The maximum Gasteiger partial charge on any atom is 0.342 e. The Bertz CT molecular complexity index is 838. The number of ether oxygens (including phenoxy) is 1. The first-order valence-electron chi connectivity index (χ1n) is 11.4. The van der Waals surface area contributed by atoms with Crippen molar-refractivity contribution in [2.75, 3.05) is 31.1 Å². The Morgan fingerprint density at radius 1 is 1.23 bits per heavy atom. The van der Waals surface area contributed by atoms with Gasteiger partial charge in [0.05, 0.1) is 6.10 Å². The van der Waals surface area contributed by atoms with Crippen molar-refractivity contribution in [3.63, 3.8) is 0 Å². The molecule has 3 rings (SSSR count). The standard InChI is InChI=1S/C25H36N4O2/c1-5-26-16-20-9-11-21(12-10-20)17-28(6-2)22-13-15-29(18-22)24-23(8-7-14-27-24)25(30)31-19(3)4/h7-12,14,19,22,26H,5-6,13,15-18H2,1-4H3/t22-/m1/s1. The van der Waals surface area contributed by atoms with Crippen molar-refractivity contribution in [3.05, 3.63) is 59.3 Å². The zero-order valence-corrected chi connectivity index (χ0v) is 19.3. The van der Waals surface area contributed by atoms with Crippen LogP contribution in [-0.4, -0.2) is 54.2 Å². The monoisotopic (exact) mass is 424 g/mol. The summed E-state index contributed by atoms with van der Waals surface area (Å²) in [4.78, 5) is 21.8. The first-order valence-corrected chi connectivity index (χ1v) is 11.4. The van der Waals surface area contributed by atoms with Gasteiger partial charge in [-0.15, -0.1) is 0 Å². The van der Waals surface area contributed by atoms with Crippen molar-refractivity contribution >= 4 is 11.8 Å². The largest absolute Gasteiger partial charge is 0.459 e. The number of rotatable bonds is 10. The molecule has 0 amide bonds. The highest BCUT2D eigenvalue weighted by Crippen LogP contribution is 2.26. The zero-order valence-electron chi connectivity index (χ0n) is 19.3. The molecule has 1 N–H and O–H groups in total. The van der Waals surface area contributed by atoms with Crippen LogP contribution in [0.25, 0.3) is 0 Å². The lowest BCUT2D eigenvalue weighted by Gasteiger charge is -2.28. The van der Waals surface area contributed by atoms with Crippen molar-refractivity contribution in [2.45, 2.75) is 59.4 Å². The molecule has 31 heavy (non-hydrogen) atoms. The molecule has 168 valence electrons. The summed E-state index contributed by atoms with van der Waals surface area (Å²) in [6, 6.07) is 12.9. The number of hydrogen-bond acceptors (Lipinski definition) is 6. The van der Waals surface area contributed by atoms with E-state index >= 15 is 0 Å². The second-order valence-electron chi connectivity index (χ2n) is 8.38. The van der Waals surface area contributed by atoms with Crippen LogP contribution in [0.5, 0.6) is 0 Å². The molecular formula is C25H36N4O2. The number of pyridine rings is 1. The molecule has 0 aliphatic carbocycles. The van der Waals surface area contributed by atoms with Crippen LogP contribution in [0.3, 0.4) is 0 Å². The van der Waals surface area contributed by atoms with Crippen molar-refractivity contribution in [1.29, 1.82) is 0 Å². The van der Waals surface area contributed by atoms with Gasteiger partial charge < -0.3 is 15.0 Å². The first-order chi connectivity index (χ1) is 15.0. The van der Waals surface area contributed by atoms with Crippen LogP contribution >= 0.6 is 0 Å². The number of benzene rings is 1. The third-order valence-electron chi connectivity index (χ3n) is 5.72. The molecule has 2 heterocycles. The molecule has 0 unspecified atom stereocenters. The van der Waals surface area contributed by atoms with Gasteiger partial charge in [-0.05, 0) is 56.6 Å². The smallest absolute Gasteiger partial charge is 0.342 e. The zero-order chi connectivity index (χ0) is 22.2. The first kappa shape index (κ1) is 23.2. The lowest BCUT2D eigenvalue weighted by molar-refractivity contribution is 0.0378. The molecule has 6 heteroatoms. The van der Waals surface area contributed by atoms with Gasteiger partial charge in [0.25, 0.3) is 0 Å². The van der Waals surface area contributed by atoms with Crippen LogP contribution in [0.15, 0.2) is 42.6 Å². The average Bonchev–Trinajstić information content (AvgIpc) is 3.26. The second-order valence-corrected chi connectivity index (χ2v) is 8.38. The molecule has 1 atom stereocenters. The lowest BCUT2D eigenvalue weighted by Crippen LogP contribution is -2.37. The van der Waals surface area contributed by atoms with E-state index in [9.17, 15) is 4.79 Å². The predicted octanol–water partition coefficient (Wildman–Crippen LogP) is 3.86. The summed E-state index contributed by atoms with van der Waals surface area (Å²) in [6.07, 6.45) is 2.66. The number of likely N-dealkylation sites (N-methyl/N-ethyl adjacent to an activating group) is 1. The Balaban J connectivity index is 1.65. The van der Waals surface area contributed by atoms with Gasteiger partial charge in [-0.1, -0.05) is 38.1 Å².